The van der Waals surface area contributed by atoms with Crippen LogP contribution in [0.3, 0.4) is 0 Å². The Morgan fingerprint density at radius 1 is 1.44 bits per heavy atom. The molecule has 1 heterocycles. The molecular weight excluding hydrogens is 220 g/mol. The first-order valence-electron chi connectivity index (χ1n) is 6.03. The number of hydrogen-bond donors (Lipinski definition) is 1. The van der Waals surface area contributed by atoms with E-state index in [0.29, 0.717) is 22.7 Å². The van der Waals surface area contributed by atoms with E-state index in [0.717, 1.165) is 32.4 Å². The van der Waals surface area contributed by atoms with Gasteiger partial charge in [0.05, 0.1) is 4.99 Å². The number of carbonyl (C=O) groups excluding carboxylic acids is 1. The molecule has 0 aromatic heterocycles. The van der Waals surface area contributed by atoms with Crippen molar-refractivity contribution < 1.29 is 4.79 Å². The molecule has 4 heteroatoms. The van der Waals surface area contributed by atoms with Gasteiger partial charge in [0.1, 0.15) is 0 Å². The number of piperidine rings is 1. The molecule has 2 N–H and O–H groups in total. The highest BCUT2D eigenvalue weighted by molar-refractivity contribution is 7.80. The minimum atomic E-state index is -0.0404. The van der Waals surface area contributed by atoms with Crippen molar-refractivity contribution in [1.82, 2.24) is 4.90 Å². The monoisotopic (exact) mass is 240 g/mol. The standard InChI is InChI=1S/C12H20N2OS/c1-8-7-9(8)10(15)14-5-3-12(2,4-6-14)11(13)16/h8-9H,3-7H2,1-2H3,(H2,13,16). The summed E-state index contributed by atoms with van der Waals surface area (Å²) in [6.07, 6.45) is 2.90. The molecule has 90 valence electrons. The molecule has 2 aliphatic rings. The molecule has 2 atom stereocenters. The van der Waals surface area contributed by atoms with E-state index in [2.05, 4.69) is 13.8 Å². The fraction of sp³-hybridized carbons (Fsp3) is 0.833. The molecule has 2 unspecified atom stereocenters. The topological polar surface area (TPSA) is 46.3 Å². The maximum atomic E-state index is 12.0. The molecule has 0 radical (unpaired) electrons. The summed E-state index contributed by atoms with van der Waals surface area (Å²) >= 11 is 5.09. The molecule has 1 amide bonds. The van der Waals surface area contributed by atoms with Gasteiger partial charge in [0.15, 0.2) is 0 Å². The largest absolute Gasteiger partial charge is 0.393 e. The van der Waals surface area contributed by atoms with E-state index in [9.17, 15) is 4.79 Å². The third-order valence-electron chi connectivity index (χ3n) is 4.20. The quantitative estimate of drug-likeness (QED) is 0.745. The summed E-state index contributed by atoms with van der Waals surface area (Å²) < 4.78 is 0. The first-order valence-corrected chi connectivity index (χ1v) is 6.43. The zero-order chi connectivity index (χ0) is 11.9. The van der Waals surface area contributed by atoms with Crippen molar-refractivity contribution in [2.24, 2.45) is 23.0 Å². The number of nitrogens with two attached hydrogens (primary N) is 1. The summed E-state index contributed by atoms with van der Waals surface area (Å²) in [6, 6.07) is 0. The summed E-state index contributed by atoms with van der Waals surface area (Å²) in [7, 11) is 0. The van der Waals surface area contributed by atoms with Gasteiger partial charge in [0.25, 0.3) is 0 Å². The molecule has 0 aromatic carbocycles. The molecule has 16 heavy (non-hydrogen) atoms. The van der Waals surface area contributed by atoms with Crippen LogP contribution in [0.5, 0.6) is 0 Å². The second kappa shape index (κ2) is 3.99. The number of amides is 1. The van der Waals surface area contributed by atoms with Gasteiger partial charge >= 0.3 is 0 Å². The molecule has 1 aliphatic carbocycles. The highest BCUT2D eigenvalue weighted by atomic mass is 32.1. The van der Waals surface area contributed by atoms with Crippen LogP contribution >= 0.6 is 12.2 Å². The third-order valence-corrected chi connectivity index (χ3v) is 4.69. The first-order chi connectivity index (χ1) is 7.44. The Morgan fingerprint density at radius 3 is 2.31 bits per heavy atom. The number of hydrogen-bond acceptors (Lipinski definition) is 2. The van der Waals surface area contributed by atoms with Gasteiger partial charge in [-0.3, -0.25) is 4.79 Å². The van der Waals surface area contributed by atoms with E-state index >= 15 is 0 Å². The summed E-state index contributed by atoms with van der Waals surface area (Å²) in [5, 5.41) is 0. The summed E-state index contributed by atoms with van der Waals surface area (Å²) in [5.41, 5.74) is 5.70. The Labute approximate surface area is 102 Å². The smallest absolute Gasteiger partial charge is 0.225 e. The Bertz CT molecular complexity index is 321. The first kappa shape index (κ1) is 11.8. The Morgan fingerprint density at radius 2 is 1.94 bits per heavy atom. The zero-order valence-electron chi connectivity index (χ0n) is 10.0. The molecule has 1 aliphatic heterocycles. The fourth-order valence-electron chi connectivity index (χ4n) is 2.37. The normalized spacial score (nSPS) is 32.2. The van der Waals surface area contributed by atoms with E-state index in [1.807, 2.05) is 4.90 Å². The van der Waals surface area contributed by atoms with Crippen LogP contribution in [-0.4, -0.2) is 28.9 Å². The van der Waals surface area contributed by atoms with Gasteiger partial charge in [-0.1, -0.05) is 26.1 Å². The lowest BCUT2D eigenvalue weighted by atomic mass is 9.80. The molecule has 2 fully saturated rings. The maximum absolute atomic E-state index is 12.0. The van der Waals surface area contributed by atoms with Crippen LogP contribution in [0.2, 0.25) is 0 Å². The van der Waals surface area contributed by atoms with Crippen LogP contribution in [-0.2, 0) is 4.79 Å². The van der Waals surface area contributed by atoms with Crippen molar-refractivity contribution >= 4 is 23.1 Å². The number of rotatable bonds is 2. The Hall–Kier alpha value is -0.640. The van der Waals surface area contributed by atoms with Crippen molar-refractivity contribution in [2.45, 2.75) is 33.1 Å². The minimum Gasteiger partial charge on any atom is -0.393 e. The van der Waals surface area contributed by atoms with Gasteiger partial charge in [-0.2, -0.15) is 0 Å². The van der Waals surface area contributed by atoms with Crippen molar-refractivity contribution in [3.05, 3.63) is 0 Å². The Kier molecular flexibility index (Phi) is 2.95. The average molecular weight is 240 g/mol. The van der Waals surface area contributed by atoms with E-state index in [-0.39, 0.29) is 5.41 Å². The van der Waals surface area contributed by atoms with Crippen LogP contribution < -0.4 is 5.73 Å². The van der Waals surface area contributed by atoms with E-state index < -0.39 is 0 Å². The summed E-state index contributed by atoms with van der Waals surface area (Å²) in [6.45, 7) is 5.88. The van der Waals surface area contributed by atoms with E-state index in [4.69, 9.17) is 18.0 Å². The third kappa shape index (κ3) is 2.08. The lowest BCUT2D eigenvalue weighted by Crippen LogP contribution is -2.47. The lowest BCUT2D eigenvalue weighted by molar-refractivity contribution is -0.134. The number of thiocarbonyl (C=S) groups is 1. The van der Waals surface area contributed by atoms with E-state index in [1.54, 1.807) is 0 Å². The molecule has 0 aromatic rings. The van der Waals surface area contributed by atoms with Crippen LogP contribution in [0, 0.1) is 17.3 Å². The molecule has 1 saturated carbocycles. The predicted molar refractivity (Wildman–Crippen MR) is 68.0 cm³/mol. The fourth-order valence-corrected chi connectivity index (χ4v) is 2.57. The maximum Gasteiger partial charge on any atom is 0.225 e. The van der Waals surface area contributed by atoms with Crippen LogP contribution in [0.4, 0.5) is 0 Å². The van der Waals surface area contributed by atoms with Crippen molar-refractivity contribution in [2.75, 3.05) is 13.1 Å². The SMILES string of the molecule is CC1CC1C(=O)N1CCC(C)(C(N)=S)CC1. The highest BCUT2D eigenvalue weighted by Crippen LogP contribution is 2.40. The number of nitrogens with zero attached hydrogens (tertiary/aromatic N) is 1. The van der Waals surface area contributed by atoms with Crippen molar-refractivity contribution in [3.8, 4) is 0 Å². The second-order valence-electron chi connectivity index (χ2n) is 5.57. The van der Waals surface area contributed by atoms with Crippen LogP contribution in [0.25, 0.3) is 0 Å². The molecule has 3 nitrogen and oxygen atoms in total. The zero-order valence-corrected chi connectivity index (χ0v) is 10.8. The molecule has 2 rings (SSSR count). The van der Waals surface area contributed by atoms with Gasteiger partial charge in [-0.25, -0.2) is 0 Å². The minimum absolute atomic E-state index is 0.0404. The molecule has 0 bridgehead atoms. The summed E-state index contributed by atoms with van der Waals surface area (Å²) in [4.78, 5) is 14.6. The van der Waals surface area contributed by atoms with Crippen LogP contribution in [0.1, 0.15) is 33.1 Å². The predicted octanol–water partition coefficient (Wildman–Crippen LogP) is 1.56. The van der Waals surface area contributed by atoms with Gasteiger partial charge in [-0.15, -0.1) is 0 Å². The van der Waals surface area contributed by atoms with Crippen molar-refractivity contribution in [3.63, 3.8) is 0 Å². The highest BCUT2D eigenvalue weighted by Gasteiger charge is 2.43. The lowest BCUT2D eigenvalue weighted by Gasteiger charge is -2.38. The molecule has 0 spiro atoms. The number of carbonyl (C=O) groups is 1. The van der Waals surface area contributed by atoms with Gasteiger partial charge in [0, 0.05) is 24.4 Å². The Balaban J connectivity index is 1.90. The van der Waals surface area contributed by atoms with Gasteiger partial charge < -0.3 is 10.6 Å². The average Bonchev–Trinajstić information content (AvgIpc) is 2.95. The van der Waals surface area contributed by atoms with Gasteiger partial charge in [-0.05, 0) is 25.2 Å². The number of likely N-dealkylation sites (tertiary alicyclic amines) is 1. The van der Waals surface area contributed by atoms with Crippen molar-refractivity contribution in [1.29, 1.82) is 0 Å². The summed E-state index contributed by atoms with van der Waals surface area (Å²) in [5.74, 6) is 1.24. The van der Waals surface area contributed by atoms with E-state index in [1.165, 1.54) is 0 Å². The molecular formula is C12H20N2OS. The van der Waals surface area contributed by atoms with Gasteiger partial charge in [0.2, 0.25) is 5.91 Å². The van der Waals surface area contributed by atoms with Crippen LogP contribution in [0.15, 0.2) is 0 Å². The molecule has 1 saturated heterocycles. The second-order valence-corrected chi connectivity index (χ2v) is 6.01.